The highest BCUT2D eigenvalue weighted by Crippen LogP contribution is 2.30. The van der Waals surface area contributed by atoms with E-state index in [9.17, 15) is 4.79 Å². The summed E-state index contributed by atoms with van der Waals surface area (Å²) in [6.07, 6.45) is -0.221. The zero-order valence-electron chi connectivity index (χ0n) is 11.0. The van der Waals surface area contributed by atoms with Crippen LogP contribution in [0.2, 0.25) is 0 Å². The van der Waals surface area contributed by atoms with Gasteiger partial charge in [0.2, 0.25) is 0 Å². The summed E-state index contributed by atoms with van der Waals surface area (Å²) in [6.45, 7) is 2.48. The Bertz CT molecular complexity index is 623. The highest BCUT2D eigenvalue weighted by atomic mass is 16.6. The molecule has 0 fully saturated rings. The van der Waals surface area contributed by atoms with Crippen LogP contribution in [0.25, 0.3) is 0 Å². The van der Waals surface area contributed by atoms with Crippen LogP contribution in [0.15, 0.2) is 34.9 Å². The Labute approximate surface area is 115 Å². The molecule has 1 atom stereocenters. The second-order valence-electron chi connectivity index (χ2n) is 4.53. The maximum Gasteiger partial charge on any atom is 0.273 e. The number of aromatic nitrogens is 1. The Kier molecular flexibility index (Phi) is 3.28. The summed E-state index contributed by atoms with van der Waals surface area (Å²) in [7, 11) is 0. The summed E-state index contributed by atoms with van der Waals surface area (Å²) in [5.41, 5.74) is 0.264. The number of benzene rings is 1. The predicted octanol–water partition coefficient (Wildman–Crippen LogP) is 1.55. The van der Waals surface area contributed by atoms with Crippen LogP contribution in [0.1, 0.15) is 16.2 Å². The number of hydrogen-bond donors (Lipinski definition) is 1. The molecule has 0 spiro atoms. The molecule has 1 aromatic heterocycles. The topological polar surface area (TPSA) is 73.6 Å². The lowest BCUT2D eigenvalue weighted by molar-refractivity contribution is 0.0784. The minimum absolute atomic E-state index is 0.221. The van der Waals surface area contributed by atoms with Gasteiger partial charge < -0.3 is 19.3 Å². The fraction of sp³-hybridized carbons (Fsp3) is 0.286. The zero-order chi connectivity index (χ0) is 13.9. The van der Waals surface area contributed by atoms with Crippen LogP contribution in [0.3, 0.4) is 0 Å². The lowest BCUT2D eigenvalue weighted by Gasteiger charge is -2.26. The number of para-hydroxylation sites is 2. The van der Waals surface area contributed by atoms with Crippen LogP contribution >= 0.6 is 0 Å². The van der Waals surface area contributed by atoms with Gasteiger partial charge in [-0.2, -0.15) is 0 Å². The summed E-state index contributed by atoms with van der Waals surface area (Å²) in [6, 6.07) is 9.04. The molecule has 6 heteroatoms. The summed E-state index contributed by atoms with van der Waals surface area (Å²) in [5.74, 6) is 1.73. The number of aryl methyl sites for hydroxylation is 1. The number of nitrogens with one attached hydrogen (secondary N) is 1. The van der Waals surface area contributed by atoms with Crippen molar-refractivity contribution in [3.8, 4) is 11.5 Å². The highest BCUT2D eigenvalue weighted by molar-refractivity contribution is 5.92. The average molecular weight is 274 g/mol. The van der Waals surface area contributed by atoms with Crippen molar-refractivity contribution < 1.29 is 18.8 Å². The molecule has 0 aliphatic carbocycles. The van der Waals surface area contributed by atoms with Gasteiger partial charge in [-0.15, -0.1) is 0 Å². The van der Waals surface area contributed by atoms with Crippen molar-refractivity contribution in [1.29, 1.82) is 0 Å². The van der Waals surface area contributed by atoms with E-state index in [1.807, 2.05) is 24.3 Å². The Morgan fingerprint density at radius 3 is 2.95 bits per heavy atom. The van der Waals surface area contributed by atoms with Crippen molar-refractivity contribution in [2.75, 3.05) is 13.2 Å². The maximum atomic E-state index is 11.8. The monoisotopic (exact) mass is 274 g/mol. The molecule has 0 bridgehead atoms. The second-order valence-corrected chi connectivity index (χ2v) is 4.53. The van der Waals surface area contributed by atoms with Crippen LogP contribution < -0.4 is 14.8 Å². The SMILES string of the molecule is Cc1cc(C(=O)NC[C@H]2COc3ccccc3O2)no1. The smallest absolute Gasteiger partial charge is 0.273 e. The summed E-state index contributed by atoms with van der Waals surface area (Å²) >= 11 is 0. The van der Waals surface area contributed by atoms with Gasteiger partial charge in [0.15, 0.2) is 17.2 Å². The van der Waals surface area contributed by atoms with Gasteiger partial charge in [-0.3, -0.25) is 4.79 Å². The molecule has 3 rings (SSSR count). The van der Waals surface area contributed by atoms with Gasteiger partial charge in [0.05, 0.1) is 6.54 Å². The lowest BCUT2D eigenvalue weighted by Crippen LogP contribution is -2.40. The van der Waals surface area contributed by atoms with E-state index >= 15 is 0 Å². The molecule has 1 aliphatic heterocycles. The standard InChI is InChI=1S/C14H14N2O4/c1-9-6-11(16-20-9)14(17)15-7-10-8-18-12-4-2-3-5-13(12)19-10/h2-6,10H,7-8H2,1H3,(H,15,17)/t10-/m0/s1. The quantitative estimate of drug-likeness (QED) is 0.919. The average Bonchev–Trinajstić information content (AvgIpc) is 2.91. The fourth-order valence-corrected chi connectivity index (χ4v) is 1.93. The molecule has 20 heavy (non-hydrogen) atoms. The number of carbonyl (C=O) groups excluding carboxylic acids is 1. The minimum Gasteiger partial charge on any atom is -0.486 e. The fourth-order valence-electron chi connectivity index (χ4n) is 1.93. The highest BCUT2D eigenvalue weighted by Gasteiger charge is 2.21. The molecule has 0 radical (unpaired) electrons. The van der Waals surface area contributed by atoms with E-state index < -0.39 is 0 Å². The predicted molar refractivity (Wildman–Crippen MR) is 69.9 cm³/mol. The van der Waals surface area contributed by atoms with Crippen molar-refractivity contribution in [3.63, 3.8) is 0 Å². The van der Waals surface area contributed by atoms with E-state index in [2.05, 4.69) is 10.5 Å². The molecule has 6 nitrogen and oxygen atoms in total. The molecule has 2 heterocycles. The van der Waals surface area contributed by atoms with Gasteiger partial charge in [-0.1, -0.05) is 17.3 Å². The third kappa shape index (κ3) is 2.59. The third-order valence-corrected chi connectivity index (χ3v) is 2.92. The largest absolute Gasteiger partial charge is 0.486 e. The molecule has 0 saturated heterocycles. The number of nitrogens with zero attached hydrogens (tertiary/aromatic N) is 1. The first-order valence-corrected chi connectivity index (χ1v) is 6.32. The second kappa shape index (κ2) is 5.24. The van der Waals surface area contributed by atoms with Crippen LogP contribution in [0.5, 0.6) is 11.5 Å². The van der Waals surface area contributed by atoms with E-state index in [1.165, 1.54) is 0 Å². The van der Waals surface area contributed by atoms with Crippen molar-refractivity contribution >= 4 is 5.91 Å². The normalized spacial score (nSPS) is 16.8. The van der Waals surface area contributed by atoms with E-state index in [1.54, 1.807) is 13.0 Å². The molecule has 2 aromatic rings. The molecule has 104 valence electrons. The van der Waals surface area contributed by atoms with E-state index in [4.69, 9.17) is 14.0 Å². The van der Waals surface area contributed by atoms with E-state index in [0.29, 0.717) is 24.7 Å². The molecular formula is C14H14N2O4. The van der Waals surface area contributed by atoms with Crippen LogP contribution in [-0.2, 0) is 0 Å². The van der Waals surface area contributed by atoms with Crippen LogP contribution in [0, 0.1) is 6.92 Å². The zero-order valence-corrected chi connectivity index (χ0v) is 11.0. The third-order valence-electron chi connectivity index (χ3n) is 2.92. The Hall–Kier alpha value is -2.50. The molecular weight excluding hydrogens is 260 g/mol. The van der Waals surface area contributed by atoms with Crippen molar-refractivity contribution in [2.24, 2.45) is 0 Å². The minimum atomic E-state index is -0.288. The van der Waals surface area contributed by atoms with Gasteiger partial charge in [-0.05, 0) is 19.1 Å². The van der Waals surface area contributed by atoms with Gasteiger partial charge >= 0.3 is 0 Å². The molecule has 1 N–H and O–H groups in total. The van der Waals surface area contributed by atoms with E-state index in [0.717, 1.165) is 5.75 Å². The van der Waals surface area contributed by atoms with Crippen molar-refractivity contribution in [3.05, 3.63) is 41.8 Å². The summed E-state index contributed by atoms with van der Waals surface area (Å²) in [5, 5.41) is 6.40. The number of fused-ring (bicyclic) bond motifs is 1. The van der Waals surface area contributed by atoms with Crippen LogP contribution in [-0.4, -0.2) is 30.3 Å². The molecule has 0 saturated carbocycles. The first-order chi connectivity index (χ1) is 9.72. The van der Waals surface area contributed by atoms with Crippen molar-refractivity contribution in [1.82, 2.24) is 10.5 Å². The lowest BCUT2D eigenvalue weighted by atomic mass is 10.2. The summed E-state index contributed by atoms with van der Waals surface area (Å²) < 4.78 is 16.2. The van der Waals surface area contributed by atoms with Crippen LogP contribution in [0.4, 0.5) is 0 Å². The Morgan fingerprint density at radius 2 is 2.20 bits per heavy atom. The summed E-state index contributed by atoms with van der Waals surface area (Å²) in [4.78, 5) is 11.8. The number of hydrogen-bond acceptors (Lipinski definition) is 5. The number of ether oxygens (including phenoxy) is 2. The Morgan fingerprint density at radius 1 is 1.40 bits per heavy atom. The molecule has 0 unspecified atom stereocenters. The Balaban J connectivity index is 1.56. The number of carbonyl (C=O) groups is 1. The molecule has 1 aromatic carbocycles. The molecule has 1 amide bonds. The van der Waals surface area contributed by atoms with Gasteiger partial charge in [0, 0.05) is 6.07 Å². The number of rotatable bonds is 3. The van der Waals surface area contributed by atoms with E-state index in [-0.39, 0.29) is 17.7 Å². The van der Waals surface area contributed by atoms with Gasteiger partial charge in [0.25, 0.3) is 5.91 Å². The first kappa shape index (κ1) is 12.5. The maximum absolute atomic E-state index is 11.8. The molecule has 1 aliphatic rings. The number of amides is 1. The van der Waals surface area contributed by atoms with Crippen molar-refractivity contribution in [2.45, 2.75) is 13.0 Å². The van der Waals surface area contributed by atoms with Gasteiger partial charge in [-0.25, -0.2) is 0 Å². The van der Waals surface area contributed by atoms with Gasteiger partial charge in [0.1, 0.15) is 18.5 Å². The first-order valence-electron chi connectivity index (χ1n) is 6.32.